The number of aryl methyl sites for hydroxylation is 1. The normalized spacial score (nSPS) is 11.5. The molecular formula is C21H21ClFN3O4S2. The molecule has 0 aliphatic rings. The van der Waals surface area contributed by atoms with Gasteiger partial charge in [-0.3, -0.25) is 9.52 Å². The summed E-state index contributed by atoms with van der Waals surface area (Å²) in [6.07, 6.45) is 2.34. The number of rotatable bonds is 7. The summed E-state index contributed by atoms with van der Waals surface area (Å²) in [5, 5.41) is 2.92. The Bertz CT molecular complexity index is 1280. The van der Waals surface area contributed by atoms with Crippen molar-refractivity contribution >= 4 is 50.2 Å². The topological polar surface area (TPSA) is 97.4 Å². The van der Waals surface area contributed by atoms with E-state index in [0.717, 1.165) is 6.26 Å². The maximum Gasteiger partial charge on any atom is 0.265 e. The summed E-state index contributed by atoms with van der Waals surface area (Å²) in [4.78, 5) is 18.0. The number of ether oxygens (including phenoxy) is 1. The van der Waals surface area contributed by atoms with Crippen LogP contribution in [-0.4, -0.2) is 31.7 Å². The van der Waals surface area contributed by atoms with E-state index >= 15 is 0 Å². The Hall–Kier alpha value is -2.69. The number of nitrogens with zero attached hydrogens (tertiary/aromatic N) is 1. The third-order valence-electron chi connectivity index (χ3n) is 4.04. The molecule has 11 heteroatoms. The standard InChI is InChI=1S/C21H21ClFN3O4S2/c1-11(2)30-16-8-18(23)20(24-10-16)17-9-19(31-12(17)3)21(27)25-14-5-13(22)6-15(7-14)26-32(4,28)29/h5-11,26H,1-4H3,(H,25,27). The number of sulfonamides is 1. The van der Waals surface area contributed by atoms with Crippen molar-refractivity contribution in [3.63, 3.8) is 0 Å². The number of aromatic nitrogens is 1. The van der Waals surface area contributed by atoms with Crippen molar-refractivity contribution in [2.75, 3.05) is 16.3 Å². The lowest BCUT2D eigenvalue weighted by atomic mass is 10.1. The SMILES string of the molecule is Cc1sc(C(=O)Nc2cc(Cl)cc(NS(C)(=O)=O)c2)cc1-c1ncc(OC(C)C)cc1F. The molecule has 3 rings (SSSR count). The van der Waals surface area contributed by atoms with Crippen LogP contribution in [0.4, 0.5) is 15.8 Å². The minimum absolute atomic E-state index is 0.111. The number of nitrogens with one attached hydrogen (secondary N) is 2. The van der Waals surface area contributed by atoms with Gasteiger partial charge in [-0.15, -0.1) is 11.3 Å². The van der Waals surface area contributed by atoms with Crippen LogP contribution in [0.15, 0.2) is 36.5 Å². The minimum atomic E-state index is -3.51. The molecule has 0 saturated carbocycles. The molecule has 0 aliphatic heterocycles. The second-order valence-corrected chi connectivity index (χ2v) is 10.7. The number of thiophene rings is 1. The first-order chi connectivity index (χ1) is 14.9. The van der Waals surface area contributed by atoms with Gasteiger partial charge < -0.3 is 10.1 Å². The first-order valence-electron chi connectivity index (χ1n) is 9.44. The Morgan fingerprint density at radius 2 is 1.88 bits per heavy atom. The number of amides is 1. The van der Waals surface area contributed by atoms with Crippen LogP contribution in [0.1, 0.15) is 28.4 Å². The first-order valence-corrected chi connectivity index (χ1v) is 12.5. The molecule has 0 aliphatic carbocycles. The maximum atomic E-state index is 14.6. The van der Waals surface area contributed by atoms with Crippen molar-refractivity contribution in [2.45, 2.75) is 26.9 Å². The summed E-state index contributed by atoms with van der Waals surface area (Å²) in [7, 11) is -3.51. The quantitative estimate of drug-likeness (QED) is 0.460. The molecular weight excluding hydrogens is 477 g/mol. The Balaban J connectivity index is 1.84. The molecule has 0 bridgehead atoms. The van der Waals surface area contributed by atoms with Crippen LogP contribution in [0.25, 0.3) is 11.3 Å². The maximum absolute atomic E-state index is 14.6. The Labute approximate surface area is 194 Å². The number of pyridine rings is 1. The zero-order chi connectivity index (χ0) is 23.6. The zero-order valence-electron chi connectivity index (χ0n) is 17.7. The lowest BCUT2D eigenvalue weighted by Gasteiger charge is -2.10. The molecule has 2 N–H and O–H groups in total. The van der Waals surface area contributed by atoms with E-state index in [-0.39, 0.29) is 22.5 Å². The Morgan fingerprint density at radius 1 is 1.19 bits per heavy atom. The summed E-state index contributed by atoms with van der Waals surface area (Å²) < 4.78 is 45.3. The molecule has 0 saturated heterocycles. The summed E-state index contributed by atoms with van der Waals surface area (Å²) in [6.45, 7) is 5.43. The summed E-state index contributed by atoms with van der Waals surface area (Å²) >= 11 is 7.22. The molecule has 0 radical (unpaired) electrons. The van der Waals surface area contributed by atoms with Gasteiger partial charge in [-0.05, 0) is 45.0 Å². The molecule has 32 heavy (non-hydrogen) atoms. The van der Waals surface area contributed by atoms with Crippen LogP contribution in [-0.2, 0) is 10.0 Å². The number of anilines is 2. The minimum Gasteiger partial charge on any atom is -0.489 e. The molecule has 1 amide bonds. The van der Waals surface area contributed by atoms with E-state index in [1.54, 1.807) is 13.0 Å². The second kappa shape index (κ2) is 9.43. The number of hydrogen-bond donors (Lipinski definition) is 2. The number of benzene rings is 1. The highest BCUT2D eigenvalue weighted by Crippen LogP contribution is 2.33. The van der Waals surface area contributed by atoms with Gasteiger partial charge in [0.1, 0.15) is 11.4 Å². The molecule has 0 atom stereocenters. The highest BCUT2D eigenvalue weighted by atomic mass is 35.5. The average Bonchev–Trinajstić information content (AvgIpc) is 3.01. The fourth-order valence-electron chi connectivity index (χ4n) is 2.91. The third-order valence-corrected chi connectivity index (χ3v) is 5.92. The summed E-state index contributed by atoms with van der Waals surface area (Å²) in [5.74, 6) is -0.675. The third kappa shape index (κ3) is 6.18. The van der Waals surface area contributed by atoms with E-state index in [9.17, 15) is 17.6 Å². The van der Waals surface area contributed by atoms with Crippen molar-refractivity contribution in [3.05, 3.63) is 57.1 Å². The molecule has 170 valence electrons. The highest BCUT2D eigenvalue weighted by Gasteiger charge is 2.18. The fraction of sp³-hybridized carbons (Fsp3) is 0.238. The largest absolute Gasteiger partial charge is 0.489 e. The lowest BCUT2D eigenvalue weighted by Crippen LogP contribution is -2.12. The summed E-state index contributed by atoms with van der Waals surface area (Å²) in [5.41, 5.74) is 1.14. The highest BCUT2D eigenvalue weighted by molar-refractivity contribution is 7.92. The average molecular weight is 498 g/mol. The van der Waals surface area contributed by atoms with Crippen LogP contribution >= 0.6 is 22.9 Å². The number of hydrogen-bond acceptors (Lipinski definition) is 6. The second-order valence-electron chi connectivity index (χ2n) is 7.31. The van der Waals surface area contributed by atoms with Crippen LogP contribution < -0.4 is 14.8 Å². The van der Waals surface area contributed by atoms with Crippen molar-refractivity contribution in [2.24, 2.45) is 0 Å². The Kier molecular flexibility index (Phi) is 7.06. The van der Waals surface area contributed by atoms with Crippen molar-refractivity contribution in [3.8, 4) is 17.0 Å². The molecule has 2 aromatic heterocycles. The van der Waals surface area contributed by atoms with Gasteiger partial charge in [-0.2, -0.15) is 0 Å². The number of carbonyl (C=O) groups excluding carboxylic acids is 1. The van der Waals surface area contributed by atoms with E-state index in [0.29, 0.717) is 26.8 Å². The zero-order valence-corrected chi connectivity index (χ0v) is 20.1. The van der Waals surface area contributed by atoms with Crippen LogP contribution in [0.2, 0.25) is 5.02 Å². The van der Waals surface area contributed by atoms with Gasteiger partial charge in [0.15, 0.2) is 5.82 Å². The number of halogens is 2. The Morgan fingerprint density at radius 3 is 2.50 bits per heavy atom. The molecule has 7 nitrogen and oxygen atoms in total. The summed E-state index contributed by atoms with van der Waals surface area (Å²) in [6, 6.07) is 7.18. The smallest absolute Gasteiger partial charge is 0.265 e. The molecule has 0 spiro atoms. The lowest BCUT2D eigenvalue weighted by molar-refractivity contribution is 0.103. The molecule has 3 aromatic rings. The molecule has 1 aromatic carbocycles. The first kappa shape index (κ1) is 24.0. The van der Waals surface area contributed by atoms with Gasteiger partial charge in [0, 0.05) is 27.2 Å². The van der Waals surface area contributed by atoms with Crippen molar-refractivity contribution < 1.29 is 22.3 Å². The predicted octanol–water partition coefficient (Wildman–Crippen LogP) is 5.32. The molecule has 0 fully saturated rings. The predicted molar refractivity (Wildman–Crippen MR) is 126 cm³/mol. The van der Waals surface area contributed by atoms with Gasteiger partial charge >= 0.3 is 0 Å². The molecule has 0 unspecified atom stereocenters. The van der Waals surface area contributed by atoms with Gasteiger partial charge in [-0.1, -0.05) is 11.6 Å². The number of carbonyl (C=O) groups is 1. The molecule has 2 heterocycles. The van der Waals surface area contributed by atoms with Crippen LogP contribution in [0.5, 0.6) is 5.75 Å². The van der Waals surface area contributed by atoms with E-state index < -0.39 is 21.7 Å². The van der Waals surface area contributed by atoms with Gasteiger partial charge in [0.2, 0.25) is 10.0 Å². The van der Waals surface area contributed by atoms with Crippen LogP contribution in [0, 0.1) is 12.7 Å². The van der Waals surface area contributed by atoms with Crippen LogP contribution in [0.3, 0.4) is 0 Å². The van der Waals surface area contributed by atoms with Gasteiger partial charge in [0.25, 0.3) is 5.91 Å². The fourth-order valence-corrected chi connectivity index (χ4v) is 4.61. The van der Waals surface area contributed by atoms with Gasteiger partial charge in [0.05, 0.1) is 29.1 Å². The van der Waals surface area contributed by atoms with E-state index in [4.69, 9.17) is 16.3 Å². The van der Waals surface area contributed by atoms with E-state index in [2.05, 4.69) is 15.0 Å². The van der Waals surface area contributed by atoms with Gasteiger partial charge in [-0.25, -0.2) is 17.8 Å². The van der Waals surface area contributed by atoms with Crippen molar-refractivity contribution in [1.29, 1.82) is 0 Å². The van der Waals surface area contributed by atoms with Crippen molar-refractivity contribution in [1.82, 2.24) is 4.98 Å². The van der Waals surface area contributed by atoms with E-state index in [1.807, 2.05) is 13.8 Å². The van der Waals surface area contributed by atoms with E-state index in [1.165, 1.54) is 41.8 Å². The monoisotopic (exact) mass is 497 g/mol.